The van der Waals surface area contributed by atoms with Crippen molar-refractivity contribution in [2.45, 2.75) is 63.6 Å². The second-order valence-corrected chi connectivity index (χ2v) is 13.5. The molecule has 4 rings (SSSR count). The molecule has 1 saturated heterocycles. The molecule has 1 fully saturated rings. The summed E-state index contributed by atoms with van der Waals surface area (Å²) in [4.78, 5) is 36.0. The Morgan fingerprint density at radius 2 is 1.60 bits per heavy atom. The Morgan fingerprint density at radius 1 is 0.977 bits per heavy atom. The number of pyridine rings is 2. The smallest absolute Gasteiger partial charge is 0.408 e. The minimum absolute atomic E-state index is 0.100. The lowest BCUT2D eigenvalue weighted by molar-refractivity contribution is -0.149. The zero-order valence-corrected chi connectivity index (χ0v) is 26.6. The maximum Gasteiger partial charge on any atom is 0.408 e. The third kappa shape index (κ3) is 7.37. The monoisotopic (exact) mass is 629 g/mol. The molecule has 0 unspecified atom stereocenters. The van der Waals surface area contributed by atoms with E-state index in [1.807, 2.05) is 36.9 Å². The predicted octanol–water partition coefficient (Wildman–Crippen LogP) is 5.25. The maximum absolute atomic E-state index is 13.4. The van der Waals surface area contributed by atoms with Gasteiger partial charge in [0.1, 0.15) is 22.8 Å². The molecule has 1 aliphatic rings. The number of hydrogen-bond acceptors (Lipinski definition) is 9. The van der Waals surface area contributed by atoms with Crippen LogP contribution in [-0.4, -0.2) is 61.8 Å². The summed E-state index contributed by atoms with van der Waals surface area (Å²) in [6.07, 6.45) is -0.322. The molecule has 230 valence electrons. The van der Waals surface area contributed by atoms with Gasteiger partial charge >= 0.3 is 12.1 Å². The highest BCUT2D eigenvalue weighted by atomic mass is 35.5. The molecule has 13 heteroatoms. The molecule has 0 atom stereocenters. The van der Waals surface area contributed by atoms with E-state index in [4.69, 9.17) is 21.1 Å². The number of amides is 1. The van der Waals surface area contributed by atoms with Crippen LogP contribution in [0.25, 0.3) is 11.3 Å². The Labute approximate surface area is 257 Å². The molecule has 3 heterocycles. The van der Waals surface area contributed by atoms with Crippen molar-refractivity contribution in [1.29, 1.82) is 0 Å². The molecule has 0 radical (unpaired) electrons. The van der Waals surface area contributed by atoms with Crippen molar-refractivity contribution < 1.29 is 27.5 Å². The van der Waals surface area contributed by atoms with Gasteiger partial charge in [-0.25, -0.2) is 19.6 Å². The Kier molecular flexibility index (Phi) is 9.22. The Morgan fingerprint density at radius 3 is 2.21 bits per heavy atom. The van der Waals surface area contributed by atoms with E-state index < -0.39 is 33.2 Å². The van der Waals surface area contributed by atoms with E-state index in [0.717, 1.165) is 16.7 Å². The van der Waals surface area contributed by atoms with Gasteiger partial charge in [0.05, 0.1) is 17.8 Å². The molecule has 11 nitrogen and oxygen atoms in total. The number of piperidine rings is 1. The number of ether oxygens (including phenoxy) is 2. The molecule has 1 aromatic carbocycles. The molecular formula is C30H36ClN5O6S. The van der Waals surface area contributed by atoms with Crippen molar-refractivity contribution in [3.8, 4) is 11.3 Å². The average Bonchev–Trinajstić information content (AvgIpc) is 2.93. The van der Waals surface area contributed by atoms with Crippen LogP contribution in [0.3, 0.4) is 0 Å². The van der Waals surface area contributed by atoms with E-state index in [2.05, 4.69) is 20.0 Å². The van der Waals surface area contributed by atoms with Gasteiger partial charge in [0.15, 0.2) is 5.03 Å². The van der Waals surface area contributed by atoms with E-state index in [9.17, 15) is 18.0 Å². The summed E-state index contributed by atoms with van der Waals surface area (Å²) in [7, 11) is -2.86. The van der Waals surface area contributed by atoms with Crippen LogP contribution >= 0.6 is 11.6 Å². The molecule has 2 aromatic heterocycles. The second-order valence-electron chi connectivity index (χ2n) is 11.4. The van der Waals surface area contributed by atoms with Crippen molar-refractivity contribution >= 4 is 45.3 Å². The fourth-order valence-electron chi connectivity index (χ4n) is 4.97. The van der Waals surface area contributed by atoms with Crippen molar-refractivity contribution in [2.75, 3.05) is 29.8 Å². The summed E-state index contributed by atoms with van der Waals surface area (Å²) in [6, 6.07) is 13.6. The van der Waals surface area contributed by atoms with Gasteiger partial charge in [0, 0.05) is 18.7 Å². The highest BCUT2D eigenvalue weighted by molar-refractivity contribution is 7.92. The second kappa shape index (κ2) is 12.4. The van der Waals surface area contributed by atoms with Crippen LogP contribution in [0.15, 0.2) is 53.6 Å². The standard InChI is InChI=1S/C30H36ClN5O6S/c1-19-9-7-10-20(2)25(19)26-21(31)13-14-22(32-26)35-43(39,40)24-12-8-11-23(33-24)36-17-15-30(16-18-36,27(37)41-6)34-28(38)42-29(3,4)5/h7-14H,15-18H2,1-6H3,(H,32,35)(H,34,38). The first-order valence-corrected chi connectivity index (χ1v) is 15.6. The van der Waals surface area contributed by atoms with Gasteiger partial charge in [-0.1, -0.05) is 35.9 Å². The lowest BCUT2D eigenvalue weighted by Gasteiger charge is -2.40. The molecule has 1 amide bonds. The highest BCUT2D eigenvalue weighted by Gasteiger charge is 2.45. The number of sulfonamides is 1. The van der Waals surface area contributed by atoms with Crippen LogP contribution in [0.2, 0.25) is 5.02 Å². The van der Waals surface area contributed by atoms with E-state index in [1.54, 1.807) is 39.0 Å². The number of nitrogens with zero attached hydrogens (tertiary/aromatic N) is 3. The third-order valence-corrected chi connectivity index (χ3v) is 8.61. The number of aryl methyl sites for hydroxylation is 2. The van der Waals surface area contributed by atoms with E-state index in [-0.39, 0.29) is 23.7 Å². The van der Waals surface area contributed by atoms with E-state index in [1.165, 1.54) is 19.2 Å². The summed E-state index contributed by atoms with van der Waals surface area (Å²) in [5.74, 6) is -0.0792. The van der Waals surface area contributed by atoms with Crippen LogP contribution in [0, 0.1) is 13.8 Å². The number of rotatable bonds is 7. The minimum atomic E-state index is -4.12. The van der Waals surface area contributed by atoms with Gasteiger partial charge in [-0.3, -0.25) is 4.72 Å². The first kappa shape index (κ1) is 32.0. The summed E-state index contributed by atoms with van der Waals surface area (Å²) >= 11 is 6.46. The quantitative estimate of drug-likeness (QED) is 0.335. The molecule has 2 N–H and O–H groups in total. The van der Waals surface area contributed by atoms with Gasteiger partial charge in [-0.05, 0) is 82.9 Å². The van der Waals surface area contributed by atoms with E-state index in [0.29, 0.717) is 29.6 Å². The van der Waals surface area contributed by atoms with Crippen LogP contribution in [-0.2, 0) is 24.3 Å². The summed E-state index contributed by atoms with van der Waals surface area (Å²) < 4.78 is 39.6. The third-order valence-electron chi connectivity index (χ3n) is 7.04. The first-order valence-electron chi connectivity index (χ1n) is 13.7. The Balaban J connectivity index is 1.53. The van der Waals surface area contributed by atoms with Gasteiger partial charge in [-0.15, -0.1) is 0 Å². The topological polar surface area (TPSA) is 140 Å². The predicted molar refractivity (Wildman–Crippen MR) is 165 cm³/mol. The normalized spacial score (nSPS) is 15.0. The zero-order valence-electron chi connectivity index (χ0n) is 25.0. The summed E-state index contributed by atoms with van der Waals surface area (Å²) in [5.41, 5.74) is 1.20. The number of hydrogen-bond donors (Lipinski definition) is 2. The van der Waals surface area contributed by atoms with Crippen LogP contribution < -0.4 is 14.9 Å². The van der Waals surface area contributed by atoms with Crippen LogP contribution in [0.5, 0.6) is 0 Å². The number of esters is 1. The molecule has 0 bridgehead atoms. The fraction of sp³-hybridized carbons (Fsp3) is 0.400. The average molecular weight is 630 g/mol. The fourth-order valence-corrected chi connectivity index (χ4v) is 6.14. The maximum atomic E-state index is 13.4. The number of anilines is 2. The lowest BCUT2D eigenvalue weighted by Crippen LogP contribution is -2.61. The van der Waals surface area contributed by atoms with Crippen molar-refractivity contribution in [2.24, 2.45) is 0 Å². The number of methoxy groups -OCH3 is 1. The molecule has 0 aliphatic carbocycles. The van der Waals surface area contributed by atoms with Gasteiger partial charge in [-0.2, -0.15) is 8.42 Å². The molecule has 1 aliphatic heterocycles. The number of alkyl carbamates (subject to hydrolysis) is 1. The van der Waals surface area contributed by atoms with E-state index >= 15 is 0 Å². The summed E-state index contributed by atoms with van der Waals surface area (Å²) in [6.45, 7) is 9.67. The molecular weight excluding hydrogens is 594 g/mol. The Bertz CT molecular complexity index is 1610. The number of benzene rings is 1. The number of aromatic nitrogens is 2. The number of halogens is 1. The Hall–Kier alpha value is -3.90. The van der Waals surface area contributed by atoms with Gasteiger partial charge in [0.2, 0.25) is 0 Å². The van der Waals surface area contributed by atoms with Crippen LogP contribution in [0.4, 0.5) is 16.4 Å². The summed E-state index contributed by atoms with van der Waals surface area (Å²) in [5, 5.41) is 2.89. The SMILES string of the molecule is COC(=O)C1(NC(=O)OC(C)(C)C)CCN(c2cccc(S(=O)(=O)Nc3ccc(Cl)c(-c4c(C)cccc4C)n3)n2)CC1. The molecule has 43 heavy (non-hydrogen) atoms. The largest absolute Gasteiger partial charge is 0.467 e. The number of carbonyl (C=O) groups is 2. The lowest BCUT2D eigenvalue weighted by atomic mass is 9.87. The van der Waals surface area contributed by atoms with Crippen molar-refractivity contribution in [1.82, 2.24) is 15.3 Å². The number of carbonyl (C=O) groups excluding carboxylic acids is 2. The van der Waals surface area contributed by atoms with Crippen molar-refractivity contribution in [3.05, 3.63) is 64.7 Å². The van der Waals surface area contributed by atoms with Crippen LogP contribution in [0.1, 0.15) is 44.7 Å². The zero-order chi connectivity index (χ0) is 31.6. The molecule has 0 spiro atoms. The van der Waals surface area contributed by atoms with Crippen molar-refractivity contribution in [3.63, 3.8) is 0 Å². The van der Waals surface area contributed by atoms with Gasteiger partial charge in [0.25, 0.3) is 10.0 Å². The minimum Gasteiger partial charge on any atom is -0.467 e. The number of nitrogens with one attached hydrogen (secondary N) is 2. The first-order chi connectivity index (χ1) is 20.1. The van der Waals surface area contributed by atoms with Gasteiger partial charge < -0.3 is 19.7 Å². The molecule has 0 saturated carbocycles. The molecule has 3 aromatic rings. The highest BCUT2D eigenvalue weighted by Crippen LogP contribution is 2.33.